The number of phenolic OH excluding ortho intramolecular Hbond substituents is 12. The topological polar surface area (TPSA) is 256 Å². The van der Waals surface area contributed by atoms with E-state index < -0.39 is 91.1 Å². The van der Waals surface area contributed by atoms with Crippen molar-refractivity contribution in [3.8, 4) is 114 Å². The third kappa shape index (κ3) is 4.72. The van der Waals surface area contributed by atoms with E-state index in [0.717, 1.165) is 11.5 Å². The van der Waals surface area contributed by atoms with E-state index in [0.29, 0.717) is 49.2 Å². The molecule has 9 aromatic rings. The number of phenols is 12. The van der Waals surface area contributed by atoms with Crippen molar-refractivity contribution in [1.29, 1.82) is 0 Å². The quantitative estimate of drug-likeness (QED) is 0.0353. The van der Waals surface area contributed by atoms with Gasteiger partial charge in [0.15, 0.2) is 34.5 Å². The lowest BCUT2D eigenvalue weighted by Crippen LogP contribution is -2.09. The largest absolute Gasteiger partial charge is 0.506 e. The van der Waals surface area contributed by atoms with Crippen molar-refractivity contribution in [2.45, 2.75) is 0 Å². The van der Waals surface area contributed by atoms with Crippen molar-refractivity contribution >= 4 is 56.8 Å². The summed E-state index contributed by atoms with van der Waals surface area (Å²) in [5.41, 5.74) is -0.772. The van der Waals surface area contributed by atoms with Crippen LogP contribution in [0, 0.1) is 0 Å². The number of hydrogen-bond acceptors (Lipinski definition) is 13. The van der Waals surface area contributed by atoms with Crippen LogP contribution in [0.25, 0.3) is 88.0 Å². The molecule has 0 aliphatic carbocycles. The summed E-state index contributed by atoms with van der Waals surface area (Å²) in [6.07, 6.45) is 0. The highest BCUT2D eigenvalue weighted by molar-refractivity contribution is 6.39. The normalized spacial score (nSPS) is 11.7. The SMILES string of the molecule is [B]c1c(O)c(O)c(O)c(O)c1-c1c(O)c(O)c(O)c(-c2c3ccccc3c(-c3cc4c(cc3-c3cc(O)c(O)c(O)c3O)oc3ccccc34)c3ccccc23)c1O. The van der Waals surface area contributed by atoms with E-state index in [1.165, 1.54) is 0 Å². The predicted octanol–water partition coefficient (Wildman–Crippen LogP) is 7.82. The van der Waals surface area contributed by atoms with Gasteiger partial charge in [-0.25, -0.2) is 0 Å². The van der Waals surface area contributed by atoms with Crippen LogP contribution in [0.4, 0.5) is 0 Å². The maximum atomic E-state index is 12.1. The van der Waals surface area contributed by atoms with Gasteiger partial charge in [-0.05, 0) is 68.0 Å². The molecule has 13 nitrogen and oxygen atoms in total. The van der Waals surface area contributed by atoms with E-state index in [-0.39, 0.29) is 16.7 Å². The highest BCUT2D eigenvalue weighted by Crippen LogP contribution is 2.61. The molecule has 8 aromatic carbocycles. The minimum atomic E-state index is -1.26. The molecule has 0 spiro atoms. The van der Waals surface area contributed by atoms with Gasteiger partial charge in [-0.1, -0.05) is 66.7 Å². The fourth-order valence-corrected chi connectivity index (χ4v) is 7.87. The molecule has 0 bridgehead atoms. The van der Waals surface area contributed by atoms with Crippen LogP contribution in [0.1, 0.15) is 0 Å². The molecular weight excluding hydrogens is 747 g/mol. The molecule has 12 N–H and O–H groups in total. The van der Waals surface area contributed by atoms with E-state index in [2.05, 4.69) is 0 Å². The van der Waals surface area contributed by atoms with Gasteiger partial charge >= 0.3 is 0 Å². The van der Waals surface area contributed by atoms with Crippen molar-refractivity contribution in [2.24, 2.45) is 0 Å². The number of rotatable bonds is 4. The first-order valence-corrected chi connectivity index (χ1v) is 17.3. The van der Waals surface area contributed by atoms with Crippen molar-refractivity contribution in [3.63, 3.8) is 0 Å². The van der Waals surface area contributed by atoms with E-state index in [4.69, 9.17) is 12.3 Å². The summed E-state index contributed by atoms with van der Waals surface area (Å²) in [5, 5.41) is 134. The summed E-state index contributed by atoms with van der Waals surface area (Å²) < 4.78 is 6.19. The van der Waals surface area contributed by atoms with E-state index in [9.17, 15) is 61.3 Å². The van der Waals surface area contributed by atoms with Gasteiger partial charge in [0, 0.05) is 27.5 Å². The van der Waals surface area contributed by atoms with Crippen LogP contribution in [-0.4, -0.2) is 69.1 Å². The molecule has 0 atom stereocenters. The summed E-state index contributed by atoms with van der Waals surface area (Å²) in [6, 6.07) is 25.3. The van der Waals surface area contributed by atoms with Gasteiger partial charge in [-0.2, -0.15) is 0 Å². The fraction of sp³-hybridized carbons (Fsp3) is 0. The highest BCUT2D eigenvalue weighted by atomic mass is 16.4. The van der Waals surface area contributed by atoms with Gasteiger partial charge in [-0.3, -0.25) is 0 Å². The third-order valence-corrected chi connectivity index (χ3v) is 10.6. The zero-order valence-electron chi connectivity index (χ0n) is 29.5. The van der Waals surface area contributed by atoms with E-state index >= 15 is 0 Å². The highest BCUT2D eigenvalue weighted by Gasteiger charge is 2.33. The summed E-state index contributed by atoms with van der Waals surface area (Å²) in [6.45, 7) is 0. The first-order chi connectivity index (χ1) is 27.7. The maximum absolute atomic E-state index is 12.1. The Morgan fingerprint density at radius 2 is 0.776 bits per heavy atom. The number of benzene rings is 8. The van der Waals surface area contributed by atoms with Crippen LogP contribution in [0.5, 0.6) is 69.0 Å². The smallest absolute Gasteiger partial charge is 0.204 e. The molecule has 0 saturated carbocycles. The Balaban J connectivity index is 1.46. The third-order valence-electron chi connectivity index (χ3n) is 10.6. The molecule has 0 amide bonds. The Morgan fingerprint density at radius 3 is 1.38 bits per heavy atom. The lowest BCUT2D eigenvalue weighted by molar-refractivity contribution is 0.347. The second-order valence-corrected chi connectivity index (χ2v) is 13.6. The van der Waals surface area contributed by atoms with Crippen molar-refractivity contribution < 1.29 is 65.7 Å². The second kappa shape index (κ2) is 12.4. The molecule has 0 unspecified atom stereocenters. The predicted molar refractivity (Wildman–Crippen MR) is 216 cm³/mol. The number of fused-ring (bicyclic) bond motifs is 5. The first-order valence-electron chi connectivity index (χ1n) is 17.3. The average molecular weight is 774 g/mol. The molecule has 1 heterocycles. The van der Waals surface area contributed by atoms with E-state index in [1.54, 1.807) is 72.8 Å². The lowest BCUT2D eigenvalue weighted by Gasteiger charge is -2.23. The molecule has 9 rings (SSSR count). The van der Waals surface area contributed by atoms with Gasteiger partial charge in [0.1, 0.15) is 24.8 Å². The minimum Gasteiger partial charge on any atom is -0.506 e. The minimum absolute atomic E-state index is 0.0800. The second-order valence-electron chi connectivity index (χ2n) is 13.6. The number of furan rings is 1. The monoisotopic (exact) mass is 774 g/mol. The fourth-order valence-electron chi connectivity index (χ4n) is 7.87. The van der Waals surface area contributed by atoms with Crippen LogP contribution < -0.4 is 5.46 Å². The summed E-state index contributed by atoms with van der Waals surface area (Å²) >= 11 is 0. The average Bonchev–Trinajstić information content (AvgIpc) is 3.60. The molecule has 0 fully saturated rings. The molecule has 0 aliphatic rings. The van der Waals surface area contributed by atoms with Gasteiger partial charge in [0.2, 0.25) is 28.7 Å². The van der Waals surface area contributed by atoms with Crippen molar-refractivity contribution in [1.82, 2.24) is 0 Å². The molecule has 2 radical (unpaired) electrons. The molecule has 14 heteroatoms. The van der Waals surface area contributed by atoms with Crippen LogP contribution in [-0.2, 0) is 0 Å². The number of aromatic hydroxyl groups is 12. The Labute approximate surface area is 326 Å². The van der Waals surface area contributed by atoms with Gasteiger partial charge in [-0.15, -0.1) is 0 Å². The molecular formula is C44H27BO13. The molecule has 58 heavy (non-hydrogen) atoms. The summed E-state index contributed by atoms with van der Waals surface area (Å²) in [4.78, 5) is 0. The first kappa shape index (κ1) is 35.4. The number of hydrogen-bond donors (Lipinski definition) is 12. The van der Waals surface area contributed by atoms with Crippen LogP contribution in [0.2, 0.25) is 0 Å². The lowest BCUT2D eigenvalue weighted by atomic mass is 9.80. The van der Waals surface area contributed by atoms with Gasteiger partial charge in [0.05, 0.1) is 11.1 Å². The zero-order chi connectivity index (χ0) is 41.1. The van der Waals surface area contributed by atoms with Crippen molar-refractivity contribution in [3.05, 3.63) is 91.0 Å². The summed E-state index contributed by atoms with van der Waals surface area (Å²) in [5.74, 6) is -12.4. The molecule has 0 saturated heterocycles. The Hall–Kier alpha value is -8.26. The molecule has 284 valence electrons. The standard InChI is InChI=1S/C44H27BO13/c45-33-30(37(50)43(56)44(57)40(33)53)32-36(49)31(38(51)42(55)39(32)52)29-19-10-3-1-8-17(19)28(18-9-2-4-11-20(18)29)23-13-22-16-7-5-6-12-26(16)58-27(22)15-21(23)24-14-25(46)35(48)41(54)34(24)47/h1-15,46-57H. The molecule has 1 aromatic heterocycles. The number of para-hydroxylation sites is 1. The van der Waals surface area contributed by atoms with Gasteiger partial charge in [0.25, 0.3) is 0 Å². The maximum Gasteiger partial charge on any atom is 0.204 e. The van der Waals surface area contributed by atoms with Gasteiger partial charge < -0.3 is 65.7 Å². The Morgan fingerprint density at radius 1 is 0.310 bits per heavy atom. The zero-order valence-corrected chi connectivity index (χ0v) is 29.5. The molecule has 0 aliphatic heterocycles. The van der Waals surface area contributed by atoms with Crippen LogP contribution in [0.3, 0.4) is 0 Å². The Bertz CT molecular complexity index is 3190. The summed E-state index contributed by atoms with van der Waals surface area (Å²) in [7, 11) is 6.01. The van der Waals surface area contributed by atoms with Crippen molar-refractivity contribution in [2.75, 3.05) is 0 Å². The van der Waals surface area contributed by atoms with Crippen LogP contribution in [0.15, 0.2) is 95.4 Å². The van der Waals surface area contributed by atoms with Crippen LogP contribution >= 0.6 is 0 Å². The Kier molecular flexibility index (Phi) is 7.57. The van der Waals surface area contributed by atoms with E-state index in [1.807, 2.05) is 12.1 Å².